The average Bonchev–Trinajstić information content (AvgIpc) is 2.63. The van der Waals surface area contributed by atoms with E-state index < -0.39 is 0 Å². The standard InChI is InChI=1S/C20H24ClN3O2/c1-14-5-3-4-9-24(14)20(26)17-7-6-16(12-18(17)21)22-13-15-8-10-23(2)19(25)11-15/h6-8,10-12,14,22H,3-5,9,13H2,1-2H3. The van der Waals surface area contributed by atoms with Gasteiger partial charge < -0.3 is 14.8 Å². The van der Waals surface area contributed by atoms with E-state index in [9.17, 15) is 9.59 Å². The molecule has 1 unspecified atom stereocenters. The molecule has 6 heteroatoms. The lowest BCUT2D eigenvalue weighted by Gasteiger charge is -2.33. The molecule has 1 atom stereocenters. The van der Waals surface area contributed by atoms with Gasteiger partial charge in [-0.3, -0.25) is 9.59 Å². The lowest BCUT2D eigenvalue weighted by atomic mass is 10.0. The number of hydrogen-bond acceptors (Lipinski definition) is 3. The summed E-state index contributed by atoms with van der Waals surface area (Å²) < 4.78 is 1.53. The lowest BCUT2D eigenvalue weighted by molar-refractivity contribution is 0.0636. The lowest BCUT2D eigenvalue weighted by Crippen LogP contribution is -2.42. The molecule has 1 saturated heterocycles. The SMILES string of the molecule is CC1CCCCN1C(=O)c1ccc(NCc2ccn(C)c(=O)c2)cc1Cl. The zero-order chi connectivity index (χ0) is 18.7. The highest BCUT2D eigenvalue weighted by atomic mass is 35.5. The van der Waals surface area contributed by atoms with Gasteiger partial charge in [0.1, 0.15) is 0 Å². The smallest absolute Gasteiger partial charge is 0.255 e. The Balaban J connectivity index is 1.69. The minimum atomic E-state index is -0.0427. The average molecular weight is 374 g/mol. The van der Waals surface area contributed by atoms with Crippen molar-refractivity contribution in [3.63, 3.8) is 0 Å². The Morgan fingerprint density at radius 1 is 1.27 bits per heavy atom. The molecule has 26 heavy (non-hydrogen) atoms. The zero-order valence-electron chi connectivity index (χ0n) is 15.2. The minimum Gasteiger partial charge on any atom is -0.381 e. The predicted molar refractivity (Wildman–Crippen MR) is 105 cm³/mol. The van der Waals surface area contributed by atoms with E-state index in [1.165, 1.54) is 11.0 Å². The van der Waals surface area contributed by atoms with Gasteiger partial charge in [-0.15, -0.1) is 0 Å². The summed E-state index contributed by atoms with van der Waals surface area (Å²) in [6.07, 6.45) is 5.00. The van der Waals surface area contributed by atoms with Crippen molar-refractivity contribution in [3.8, 4) is 0 Å². The number of halogens is 1. The van der Waals surface area contributed by atoms with Gasteiger partial charge >= 0.3 is 0 Å². The van der Waals surface area contributed by atoms with Gasteiger partial charge in [0.15, 0.2) is 0 Å². The highest BCUT2D eigenvalue weighted by Crippen LogP contribution is 2.26. The normalized spacial score (nSPS) is 17.2. The predicted octanol–water partition coefficient (Wildman–Crippen LogP) is 3.67. The first kappa shape index (κ1) is 18.5. The van der Waals surface area contributed by atoms with Gasteiger partial charge in [-0.2, -0.15) is 0 Å². The van der Waals surface area contributed by atoms with Crippen LogP contribution in [0.1, 0.15) is 42.1 Å². The molecule has 0 spiro atoms. The van der Waals surface area contributed by atoms with Gasteiger partial charge in [0.25, 0.3) is 11.5 Å². The summed E-state index contributed by atoms with van der Waals surface area (Å²) in [4.78, 5) is 26.4. The highest BCUT2D eigenvalue weighted by molar-refractivity contribution is 6.34. The van der Waals surface area contributed by atoms with Gasteiger partial charge in [0.05, 0.1) is 10.6 Å². The van der Waals surface area contributed by atoms with Crippen molar-refractivity contribution in [2.45, 2.75) is 38.8 Å². The van der Waals surface area contributed by atoms with Crippen LogP contribution in [0.4, 0.5) is 5.69 Å². The number of amides is 1. The Morgan fingerprint density at radius 3 is 2.77 bits per heavy atom. The van der Waals surface area contributed by atoms with E-state index >= 15 is 0 Å². The molecule has 2 aromatic rings. The Bertz CT molecular complexity index is 862. The van der Waals surface area contributed by atoms with Crippen LogP contribution in [0.3, 0.4) is 0 Å². The molecule has 138 valence electrons. The second-order valence-corrected chi connectivity index (χ2v) is 7.28. The number of rotatable bonds is 4. The number of aromatic nitrogens is 1. The summed E-state index contributed by atoms with van der Waals surface area (Å²) >= 11 is 6.38. The van der Waals surface area contributed by atoms with Crippen LogP contribution < -0.4 is 10.9 Å². The molecule has 0 aliphatic carbocycles. The molecule has 1 aromatic carbocycles. The maximum atomic E-state index is 12.8. The van der Waals surface area contributed by atoms with E-state index in [-0.39, 0.29) is 17.5 Å². The molecular formula is C20H24ClN3O2. The van der Waals surface area contributed by atoms with Gasteiger partial charge in [-0.25, -0.2) is 0 Å². The van der Waals surface area contributed by atoms with Crippen molar-refractivity contribution in [3.05, 3.63) is 63.0 Å². The van der Waals surface area contributed by atoms with E-state index in [2.05, 4.69) is 12.2 Å². The van der Waals surface area contributed by atoms with Gasteiger partial charge in [0.2, 0.25) is 0 Å². The Morgan fingerprint density at radius 2 is 2.08 bits per heavy atom. The molecule has 0 saturated carbocycles. The number of carbonyl (C=O) groups excluding carboxylic acids is 1. The van der Waals surface area contributed by atoms with Crippen LogP contribution in [-0.2, 0) is 13.6 Å². The molecular weight excluding hydrogens is 350 g/mol. The molecule has 5 nitrogen and oxygen atoms in total. The van der Waals surface area contributed by atoms with Crippen molar-refractivity contribution < 1.29 is 4.79 Å². The van der Waals surface area contributed by atoms with Crippen molar-refractivity contribution in [1.29, 1.82) is 0 Å². The summed E-state index contributed by atoms with van der Waals surface area (Å²) in [7, 11) is 1.72. The van der Waals surface area contributed by atoms with Gasteiger partial charge in [0, 0.05) is 44.1 Å². The Kier molecular flexibility index (Phi) is 5.67. The second kappa shape index (κ2) is 7.96. The van der Waals surface area contributed by atoms with Crippen LogP contribution in [0.25, 0.3) is 0 Å². The third kappa shape index (κ3) is 4.10. The summed E-state index contributed by atoms with van der Waals surface area (Å²) in [5.74, 6) is 0.000283. The number of likely N-dealkylation sites (tertiary alicyclic amines) is 1. The molecule has 1 amide bonds. The topological polar surface area (TPSA) is 54.3 Å². The molecule has 1 fully saturated rings. The Hall–Kier alpha value is -2.27. The second-order valence-electron chi connectivity index (χ2n) is 6.88. The van der Waals surface area contributed by atoms with E-state index in [0.29, 0.717) is 17.1 Å². The van der Waals surface area contributed by atoms with Crippen molar-refractivity contribution in [1.82, 2.24) is 9.47 Å². The minimum absolute atomic E-state index is 0.000283. The fraction of sp³-hybridized carbons (Fsp3) is 0.400. The first-order valence-electron chi connectivity index (χ1n) is 8.95. The number of pyridine rings is 1. The van der Waals surface area contributed by atoms with E-state index in [1.807, 2.05) is 17.0 Å². The molecule has 3 rings (SSSR count). The molecule has 0 radical (unpaired) electrons. The first-order chi connectivity index (χ1) is 12.5. The maximum absolute atomic E-state index is 12.8. The largest absolute Gasteiger partial charge is 0.381 e. The number of carbonyl (C=O) groups is 1. The van der Waals surface area contributed by atoms with Crippen molar-refractivity contribution in [2.24, 2.45) is 7.05 Å². The van der Waals surface area contributed by atoms with Crippen LogP contribution in [0.2, 0.25) is 5.02 Å². The van der Waals surface area contributed by atoms with Crippen LogP contribution >= 0.6 is 11.6 Å². The van der Waals surface area contributed by atoms with Crippen LogP contribution in [0, 0.1) is 0 Å². The van der Waals surface area contributed by atoms with E-state index in [1.54, 1.807) is 31.4 Å². The molecule has 2 heterocycles. The molecule has 1 aliphatic rings. The fourth-order valence-electron chi connectivity index (χ4n) is 3.26. The fourth-order valence-corrected chi connectivity index (χ4v) is 3.52. The number of anilines is 1. The number of hydrogen-bond donors (Lipinski definition) is 1. The summed E-state index contributed by atoms with van der Waals surface area (Å²) in [6, 6.07) is 9.15. The van der Waals surface area contributed by atoms with Crippen LogP contribution in [-0.4, -0.2) is 28.0 Å². The number of piperidine rings is 1. The van der Waals surface area contributed by atoms with Crippen LogP contribution in [0.15, 0.2) is 41.3 Å². The molecule has 0 bridgehead atoms. The van der Waals surface area contributed by atoms with E-state index in [0.717, 1.165) is 30.6 Å². The molecule has 1 N–H and O–H groups in total. The number of nitrogens with zero attached hydrogens (tertiary/aromatic N) is 2. The third-order valence-corrected chi connectivity index (χ3v) is 5.24. The maximum Gasteiger partial charge on any atom is 0.255 e. The molecule has 1 aromatic heterocycles. The highest BCUT2D eigenvalue weighted by Gasteiger charge is 2.25. The molecule has 1 aliphatic heterocycles. The van der Waals surface area contributed by atoms with Gasteiger partial charge in [-0.05, 0) is 56.0 Å². The number of aryl methyl sites for hydroxylation is 1. The van der Waals surface area contributed by atoms with Crippen LogP contribution in [0.5, 0.6) is 0 Å². The Labute approximate surface area is 158 Å². The summed E-state index contributed by atoms with van der Waals surface area (Å²) in [5.41, 5.74) is 2.21. The zero-order valence-corrected chi connectivity index (χ0v) is 15.9. The third-order valence-electron chi connectivity index (χ3n) is 4.93. The quantitative estimate of drug-likeness (QED) is 0.889. The number of nitrogens with one attached hydrogen (secondary N) is 1. The summed E-state index contributed by atoms with van der Waals surface area (Å²) in [5, 5.41) is 3.69. The van der Waals surface area contributed by atoms with Crippen molar-refractivity contribution >= 4 is 23.2 Å². The van der Waals surface area contributed by atoms with E-state index in [4.69, 9.17) is 11.6 Å². The number of benzene rings is 1. The van der Waals surface area contributed by atoms with Gasteiger partial charge in [-0.1, -0.05) is 11.6 Å². The monoisotopic (exact) mass is 373 g/mol. The first-order valence-corrected chi connectivity index (χ1v) is 9.33. The summed E-state index contributed by atoms with van der Waals surface area (Å²) in [6.45, 7) is 3.40. The van der Waals surface area contributed by atoms with Crippen molar-refractivity contribution in [2.75, 3.05) is 11.9 Å².